The molecule has 0 saturated carbocycles. The van der Waals surface area contributed by atoms with Crippen LogP contribution in [0.2, 0.25) is 5.02 Å². The van der Waals surface area contributed by atoms with Crippen molar-refractivity contribution in [2.45, 2.75) is 6.04 Å². The molecule has 3 aromatic rings. The molecule has 1 atom stereocenters. The summed E-state index contributed by atoms with van der Waals surface area (Å²) < 4.78 is 0.861. The van der Waals surface area contributed by atoms with Gasteiger partial charge in [0.15, 0.2) is 5.13 Å². The van der Waals surface area contributed by atoms with Gasteiger partial charge >= 0.3 is 5.91 Å². The maximum Gasteiger partial charge on any atom is 0.301 e. The molecule has 5 nitrogen and oxygen atoms in total. The summed E-state index contributed by atoms with van der Waals surface area (Å²) >= 11 is 10.6. The van der Waals surface area contributed by atoms with Crippen LogP contribution in [0.15, 0.2) is 70.2 Å². The highest BCUT2D eigenvalue weighted by Gasteiger charge is 2.47. The Kier molecular flexibility index (Phi) is 5.05. The van der Waals surface area contributed by atoms with E-state index in [0.29, 0.717) is 21.3 Å². The number of Topliss-reactive ketones (excluding diaryl/α,β-unsaturated/α-hetero) is 1. The van der Waals surface area contributed by atoms with Gasteiger partial charge in [-0.3, -0.25) is 14.5 Å². The second-order valence-corrected chi connectivity index (χ2v) is 8.27. The van der Waals surface area contributed by atoms with Crippen LogP contribution in [0, 0.1) is 0 Å². The number of carbonyl (C=O) groups excluding carboxylic acids is 2. The Morgan fingerprint density at radius 1 is 1.11 bits per heavy atom. The molecule has 0 aliphatic carbocycles. The fourth-order valence-electron chi connectivity index (χ4n) is 3.09. The molecule has 0 bridgehead atoms. The van der Waals surface area contributed by atoms with Crippen molar-refractivity contribution < 1.29 is 14.7 Å². The lowest BCUT2D eigenvalue weighted by Crippen LogP contribution is -2.29. The molecule has 140 valence electrons. The molecule has 0 spiro atoms. The second kappa shape index (κ2) is 7.50. The molecule has 1 aliphatic heterocycles. The van der Waals surface area contributed by atoms with E-state index in [9.17, 15) is 14.7 Å². The van der Waals surface area contributed by atoms with Gasteiger partial charge in [0.1, 0.15) is 5.76 Å². The van der Waals surface area contributed by atoms with Crippen molar-refractivity contribution in [3.05, 3.63) is 86.3 Å². The van der Waals surface area contributed by atoms with Gasteiger partial charge < -0.3 is 5.11 Å². The molecule has 2 aromatic carbocycles. The maximum atomic E-state index is 12.9. The number of anilines is 1. The Hall–Kier alpha value is -2.48. The predicted octanol–water partition coefficient (Wildman–Crippen LogP) is 5.19. The molecule has 1 aromatic heterocycles. The first-order chi connectivity index (χ1) is 13.5. The molecule has 1 saturated heterocycles. The van der Waals surface area contributed by atoms with Gasteiger partial charge in [-0.2, -0.15) is 0 Å². The summed E-state index contributed by atoms with van der Waals surface area (Å²) in [6.07, 6.45) is 1.57. The number of amides is 1. The third-order valence-electron chi connectivity index (χ3n) is 4.37. The Labute approximate surface area is 178 Å². The van der Waals surface area contributed by atoms with Crippen LogP contribution in [0.3, 0.4) is 0 Å². The number of hydrogen-bond donors (Lipinski definition) is 1. The number of aliphatic hydroxyl groups is 1. The summed E-state index contributed by atoms with van der Waals surface area (Å²) in [7, 11) is 0. The number of aliphatic hydroxyl groups excluding tert-OH is 1. The molecule has 4 rings (SSSR count). The largest absolute Gasteiger partial charge is 0.507 e. The molecular formula is C20H12BrClN2O3S. The molecule has 0 unspecified atom stereocenters. The lowest BCUT2D eigenvalue weighted by molar-refractivity contribution is -0.132. The first-order valence-electron chi connectivity index (χ1n) is 8.19. The van der Waals surface area contributed by atoms with Gasteiger partial charge in [-0.05, 0) is 42.0 Å². The zero-order valence-electron chi connectivity index (χ0n) is 14.2. The monoisotopic (exact) mass is 474 g/mol. The average molecular weight is 476 g/mol. The summed E-state index contributed by atoms with van der Waals surface area (Å²) in [5.74, 6) is -1.73. The van der Waals surface area contributed by atoms with E-state index in [1.807, 2.05) is 12.1 Å². The SMILES string of the molecule is O=C1C(=O)N(c2nccs2)[C@H](c2ccc(Br)cc2)C1=C(O)c1ccc(Cl)cc1. The first kappa shape index (κ1) is 18.9. The van der Waals surface area contributed by atoms with Crippen LogP contribution in [0.4, 0.5) is 5.13 Å². The summed E-state index contributed by atoms with van der Waals surface area (Å²) in [6, 6.07) is 12.9. The number of benzene rings is 2. The lowest BCUT2D eigenvalue weighted by Gasteiger charge is -2.23. The van der Waals surface area contributed by atoms with E-state index in [2.05, 4.69) is 20.9 Å². The third kappa shape index (κ3) is 3.26. The van der Waals surface area contributed by atoms with Crippen LogP contribution < -0.4 is 4.90 Å². The minimum absolute atomic E-state index is 0.0184. The molecule has 28 heavy (non-hydrogen) atoms. The van der Waals surface area contributed by atoms with Crippen LogP contribution in [0.25, 0.3) is 5.76 Å². The molecule has 8 heteroatoms. The van der Waals surface area contributed by atoms with Crippen molar-refractivity contribution in [1.29, 1.82) is 0 Å². The molecule has 2 heterocycles. The number of halogens is 2. The van der Waals surface area contributed by atoms with E-state index in [-0.39, 0.29) is 11.3 Å². The van der Waals surface area contributed by atoms with Crippen LogP contribution in [-0.2, 0) is 9.59 Å². The van der Waals surface area contributed by atoms with Crippen LogP contribution in [0.5, 0.6) is 0 Å². The molecule has 0 radical (unpaired) electrons. The number of rotatable bonds is 3. The fourth-order valence-corrected chi connectivity index (χ4v) is 4.15. The minimum atomic E-state index is -0.782. The highest BCUT2D eigenvalue weighted by Crippen LogP contribution is 2.42. The van der Waals surface area contributed by atoms with E-state index in [1.165, 1.54) is 16.2 Å². The Morgan fingerprint density at radius 3 is 2.39 bits per heavy atom. The van der Waals surface area contributed by atoms with Crippen molar-refractivity contribution in [2.75, 3.05) is 4.90 Å². The zero-order valence-corrected chi connectivity index (χ0v) is 17.3. The normalized spacial score (nSPS) is 18.6. The molecule has 1 N–H and O–H groups in total. The van der Waals surface area contributed by atoms with Gasteiger partial charge in [-0.1, -0.05) is 39.7 Å². The summed E-state index contributed by atoms with van der Waals surface area (Å²) in [5.41, 5.74) is 1.11. The topological polar surface area (TPSA) is 70.5 Å². The number of ketones is 1. The van der Waals surface area contributed by atoms with Gasteiger partial charge in [0.2, 0.25) is 0 Å². The third-order valence-corrected chi connectivity index (χ3v) is 5.92. The summed E-state index contributed by atoms with van der Waals surface area (Å²) in [6.45, 7) is 0. The van der Waals surface area contributed by atoms with E-state index in [4.69, 9.17) is 11.6 Å². The van der Waals surface area contributed by atoms with Gasteiger partial charge in [0, 0.05) is 26.6 Å². The van der Waals surface area contributed by atoms with Crippen LogP contribution in [-0.4, -0.2) is 21.8 Å². The Balaban J connectivity index is 1.93. The standard InChI is InChI=1S/C20H12BrClN2O3S/c21-13-5-1-11(2-6-13)16-15(17(25)12-3-7-14(22)8-4-12)18(26)19(27)24(16)20-23-9-10-28-20/h1-10,16,25H/t16-/m1/s1. The molecule has 1 aliphatic rings. The summed E-state index contributed by atoms with van der Waals surface area (Å²) in [4.78, 5) is 31.2. The van der Waals surface area contributed by atoms with Crippen molar-refractivity contribution in [3.63, 3.8) is 0 Å². The number of carbonyl (C=O) groups is 2. The van der Waals surface area contributed by atoms with Gasteiger partial charge in [0.05, 0.1) is 11.6 Å². The lowest BCUT2D eigenvalue weighted by atomic mass is 9.95. The van der Waals surface area contributed by atoms with Crippen LogP contribution >= 0.6 is 38.9 Å². The smallest absolute Gasteiger partial charge is 0.301 e. The minimum Gasteiger partial charge on any atom is -0.507 e. The van der Waals surface area contributed by atoms with Crippen LogP contribution in [0.1, 0.15) is 17.2 Å². The molecule has 1 amide bonds. The van der Waals surface area contributed by atoms with Crippen molar-refractivity contribution in [1.82, 2.24) is 4.98 Å². The first-order valence-corrected chi connectivity index (χ1v) is 10.2. The van der Waals surface area contributed by atoms with E-state index >= 15 is 0 Å². The van der Waals surface area contributed by atoms with E-state index < -0.39 is 17.7 Å². The van der Waals surface area contributed by atoms with E-state index in [1.54, 1.807) is 48.0 Å². The zero-order chi connectivity index (χ0) is 19.8. The van der Waals surface area contributed by atoms with Crippen molar-refractivity contribution in [2.24, 2.45) is 0 Å². The van der Waals surface area contributed by atoms with Gasteiger partial charge in [-0.25, -0.2) is 4.98 Å². The number of nitrogens with zero attached hydrogens (tertiary/aromatic N) is 2. The molecule has 1 fully saturated rings. The number of hydrogen-bond acceptors (Lipinski definition) is 5. The van der Waals surface area contributed by atoms with Crippen molar-refractivity contribution in [3.8, 4) is 0 Å². The Bertz CT molecular complexity index is 1080. The van der Waals surface area contributed by atoms with Crippen molar-refractivity contribution >= 4 is 61.4 Å². The summed E-state index contributed by atoms with van der Waals surface area (Å²) in [5, 5.41) is 13.5. The highest BCUT2D eigenvalue weighted by molar-refractivity contribution is 9.10. The predicted molar refractivity (Wildman–Crippen MR) is 112 cm³/mol. The van der Waals surface area contributed by atoms with E-state index in [0.717, 1.165) is 4.47 Å². The Morgan fingerprint density at radius 2 is 1.79 bits per heavy atom. The van der Waals surface area contributed by atoms with Gasteiger partial charge in [-0.15, -0.1) is 11.3 Å². The van der Waals surface area contributed by atoms with Gasteiger partial charge in [0.25, 0.3) is 5.78 Å². The average Bonchev–Trinajstić information content (AvgIpc) is 3.30. The molecular weight excluding hydrogens is 464 g/mol. The highest BCUT2D eigenvalue weighted by atomic mass is 79.9. The number of aromatic nitrogens is 1. The quantitative estimate of drug-likeness (QED) is 0.322. The fraction of sp³-hybridized carbons (Fsp3) is 0.0500. The second-order valence-electron chi connectivity index (χ2n) is 6.04. The number of thiazole rings is 1. The maximum absolute atomic E-state index is 12.9.